The van der Waals surface area contributed by atoms with E-state index in [0.717, 1.165) is 11.0 Å². The predicted octanol–water partition coefficient (Wildman–Crippen LogP) is 0.793. The fraction of sp³-hybridized carbons (Fsp3) is 0.222. The Morgan fingerprint density at radius 2 is 1.90 bits per heavy atom. The summed E-state index contributed by atoms with van der Waals surface area (Å²) in [7, 11) is -8.44. The number of hydrogen-bond acceptors (Lipinski definition) is 9. The van der Waals surface area contributed by atoms with Gasteiger partial charge < -0.3 is 10.3 Å². The number of azo groups is 1. The molecule has 4 N–H and O–H groups in total. The fourth-order valence-electron chi connectivity index (χ4n) is 3.63. The van der Waals surface area contributed by atoms with Crippen LogP contribution in [0.15, 0.2) is 61.7 Å². The minimum atomic E-state index is -4.47. The van der Waals surface area contributed by atoms with Crippen molar-refractivity contribution in [1.82, 2.24) is 15.3 Å². The van der Waals surface area contributed by atoms with Crippen LogP contribution in [0.3, 0.4) is 0 Å². The number of nitrogens with one attached hydrogen (secondary N) is 2. The molecule has 0 radical (unpaired) electrons. The van der Waals surface area contributed by atoms with Crippen LogP contribution in [0.1, 0.15) is 5.56 Å². The smallest absolute Gasteiger partial charge is 0.240 e. The molecule has 0 saturated carbocycles. The van der Waals surface area contributed by atoms with Crippen molar-refractivity contribution in [2.45, 2.75) is 15.0 Å². The lowest BCUT2D eigenvalue weighted by Crippen LogP contribution is -2.51. The molecule has 2 aromatic heterocycles. The number of nitrogens with two attached hydrogens (primary N) is 1. The number of aliphatic imine (C=N–C) groups is 1. The lowest BCUT2D eigenvalue weighted by atomic mass is 10.00. The van der Waals surface area contributed by atoms with Gasteiger partial charge in [-0.15, -0.1) is 5.11 Å². The Kier molecular flexibility index (Phi) is 4.51. The van der Waals surface area contributed by atoms with Crippen LogP contribution in [0.4, 0.5) is 0 Å². The number of sulfone groups is 1. The van der Waals surface area contributed by atoms with Gasteiger partial charge in [-0.1, -0.05) is 6.07 Å². The van der Waals surface area contributed by atoms with Gasteiger partial charge in [0.2, 0.25) is 10.0 Å². The summed E-state index contributed by atoms with van der Waals surface area (Å²) in [6, 6.07) is 6.39. The monoisotopic (exact) mass is 459 g/mol. The summed E-state index contributed by atoms with van der Waals surface area (Å²) in [5.74, 6) is 0.00870. The second kappa shape index (κ2) is 7.02. The number of pyridine rings is 1. The van der Waals surface area contributed by atoms with E-state index in [2.05, 4.69) is 30.5 Å². The third kappa shape index (κ3) is 3.26. The highest BCUT2D eigenvalue weighted by Crippen LogP contribution is 2.36. The summed E-state index contributed by atoms with van der Waals surface area (Å²) in [6.07, 6.45) is 3.30. The molecule has 0 spiro atoms. The standard InChI is InChI=1S/C18H17N7O4S2/c19-31(28,29)17-15(30(26,27)11-7-20-8-11)2-1-12(16(17)18-23-9-24-25-18)10-5-14-13(22-6-10)3-4-21-14/h1-6,11,20-21H,7-9H2,(H2,19,28,29). The molecule has 2 aliphatic heterocycles. The molecule has 1 fully saturated rings. The topological polar surface area (TPSA) is 172 Å². The van der Waals surface area contributed by atoms with Crippen LogP contribution in [-0.2, 0) is 19.9 Å². The van der Waals surface area contributed by atoms with Gasteiger partial charge in [0.1, 0.15) is 4.90 Å². The van der Waals surface area contributed by atoms with Crippen LogP contribution in [0, 0.1) is 0 Å². The van der Waals surface area contributed by atoms with Crippen molar-refractivity contribution >= 4 is 36.7 Å². The number of rotatable bonds is 5. The molecule has 0 aliphatic carbocycles. The van der Waals surface area contributed by atoms with Crippen LogP contribution < -0.4 is 10.5 Å². The van der Waals surface area contributed by atoms with Crippen LogP contribution in [0.2, 0.25) is 0 Å². The van der Waals surface area contributed by atoms with Gasteiger partial charge >= 0.3 is 0 Å². The molecule has 13 heteroatoms. The van der Waals surface area contributed by atoms with Crippen molar-refractivity contribution in [3.05, 3.63) is 42.2 Å². The van der Waals surface area contributed by atoms with E-state index < -0.39 is 30.0 Å². The average molecular weight is 460 g/mol. The number of aromatic nitrogens is 2. The van der Waals surface area contributed by atoms with Crippen molar-refractivity contribution in [3.8, 4) is 11.1 Å². The summed E-state index contributed by atoms with van der Waals surface area (Å²) < 4.78 is 51.8. The van der Waals surface area contributed by atoms with Crippen molar-refractivity contribution < 1.29 is 16.8 Å². The summed E-state index contributed by atoms with van der Waals surface area (Å²) in [5.41, 5.74) is 2.40. The molecule has 4 heterocycles. The molecule has 3 aromatic rings. The average Bonchev–Trinajstić information content (AvgIpc) is 3.35. The molecule has 0 bridgehead atoms. The van der Waals surface area contributed by atoms with Crippen molar-refractivity contribution in [2.75, 3.05) is 19.8 Å². The molecular weight excluding hydrogens is 442 g/mol. The van der Waals surface area contributed by atoms with E-state index in [1.807, 2.05) is 0 Å². The van der Waals surface area contributed by atoms with Gasteiger partial charge in [0, 0.05) is 31.0 Å². The first-order valence-corrected chi connectivity index (χ1v) is 12.4. The highest BCUT2D eigenvalue weighted by molar-refractivity contribution is 7.94. The SMILES string of the molecule is NS(=O)(=O)c1c(S(=O)(=O)C2CNC2)ccc(-c2cnc3cc[nH]c3c2)c1C1=NCN=N1. The maximum Gasteiger partial charge on any atom is 0.240 e. The second-order valence-electron chi connectivity index (χ2n) is 7.18. The molecule has 11 nitrogen and oxygen atoms in total. The highest BCUT2D eigenvalue weighted by atomic mass is 32.2. The number of benzene rings is 1. The summed E-state index contributed by atoms with van der Waals surface area (Å²) in [4.78, 5) is 10.7. The number of nitrogens with zero attached hydrogens (tertiary/aromatic N) is 4. The molecule has 1 saturated heterocycles. The van der Waals surface area contributed by atoms with Gasteiger partial charge in [-0.3, -0.25) is 4.98 Å². The van der Waals surface area contributed by atoms with E-state index in [4.69, 9.17) is 5.14 Å². The third-order valence-corrected chi connectivity index (χ3v) is 8.56. The van der Waals surface area contributed by atoms with E-state index in [1.54, 1.807) is 24.5 Å². The maximum absolute atomic E-state index is 13.2. The van der Waals surface area contributed by atoms with Gasteiger partial charge in [0.25, 0.3) is 0 Å². The van der Waals surface area contributed by atoms with Gasteiger partial charge in [-0.2, -0.15) is 5.11 Å². The molecule has 1 aromatic carbocycles. The second-order valence-corrected chi connectivity index (χ2v) is 10.9. The fourth-order valence-corrected chi connectivity index (χ4v) is 6.82. The summed E-state index contributed by atoms with van der Waals surface area (Å²) >= 11 is 0. The van der Waals surface area contributed by atoms with E-state index in [9.17, 15) is 16.8 Å². The number of sulfonamides is 1. The number of H-pyrrole nitrogens is 1. The lowest BCUT2D eigenvalue weighted by molar-refractivity contribution is 0.493. The Labute approximate surface area is 177 Å². The first kappa shape index (κ1) is 19.9. The number of hydrogen-bond donors (Lipinski definition) is 3. The number of aromatic amines is 1. The molecule has 0 amide bonds. The van der Waals surface area contributed by atoms with Gasteiger partial charge in [-0.25, -0.2) is 27.0 Å². The van der Waals surface area contributed by atoms with Crippen molar-refractivity contribution in [1.29, 1.82) is 0 Å². The quantitative estimate of drug-likeness (QED) is 0.509. The van der Waals surface area contributed by atoms with Crippen molar-refractivity contribution in [3.63, 3.8) is 0 Å². The lowest BCUT2D eigenvalue weighted by Gasteiger charge is -2.28. The normalized spacial score (nSPS) is 17.1. The van der Waals surface area contributed by atoms with E-state index >= 15 is 0 Å². The first-order chi connectivity index (χ1) is 14.8. The van der Waals surface area contributed by atoms with E-state index in [0.29, 0.717) is 11.1 Å². The largest absolute Gasteiger partial charge is 0.360 e. The Morgan fingerprint density at radius 1 is 1.10 bits per heavy atom. The minimum Gasteiger partial charge on any atom is -0.360 e. The Morgan fingerprint density at radius 3 is 2.55 bits per heavy atom. The predicted molar refractivity (Wildman–Crippen MR) is 113 cm³/mol. The summed E-state index contributed by atoms with van der Waals surface area (Å²) in [5, 5.41) is 15.4. The first-order valence-electron chi connectivity index (χ1n) is 9.27. The minimum absolute atomic E-state index is 0.00446. The number of amidine groups is 1. The zero-order valence-electron chi connectivity index (χ0n) is 16.0. The molecule has 5 rings (SSSR count). The zero-order valence-corrected chi connectivity index (χ0v) is 17.6. The van der Waals surface area contributed by atoms with E-state index in [1.165, 1.54) is 12.1 Å². The van der Waals surface area contributed by atoms with Gasteiger partial charge in [0.15, 0.2) is 22.3 Å². The van der Waals surface area contributed by atoms with Gasteiger partial charge in [0.05, 0.1) is 26.7 Å². The zero-order chi connectivity index (χ0) is 21.8. The van der Waals surface area contributed by atoms with Crippen LogP contribution >= 0.6 is 0 Å². The molecule has 31 heavy (non-hydrogen) atoms. The van der Waals surface area contributed by atoms with Crippen LogP contribution in [-0.4, -0.2) is 57.6 Å². The highest BCUT2D eigenvalue weighted by Gasteiger charge is 2.38. The molecule has 0 atom stereocenters. The van der Waals surface area contributed by atoms with Crippen LogP contribution in [0.5, 0.6) is 0 Å². The molecule has 160 valence electrons. The Balaban J connectivity index is 1.85. The van der Waals surface area contributed by atoms with Gasteiger partial charge in [-0.05, 0) is 23.8 Å². The molecular formula is C18H17N7O4S2. The summed E-state index contributed by atoms with van der Waals surface area (Å²) in [6.45, 7) is 0.478. The van der Waals surface area contributed by atoms with Crippen LogP contribution in [0.25, 0.3) is 22.2 Å². The third-order valence-electron chi connectivity index (χ3n) is 5.28. The number of primary sulfonamides is 1. The molecule has 0 unspecified atom stereocenters. The Bertz CT molecular complexity index is 1490. The maximum atomic E-state index is 13.2. The molecule has 2 aliphatic rings. The van der Waals surface area contributed by atoms with E-state index in [-0.39, 0.29) is 36.1 Å². The van der Waals surface area contributed by atoms with Crippen molar-refractivity contribution in [2.24, 2.45) is 20.4 Å². The number of fused-ring (bicyclic) bond motifs is 1. The Hall–Kier alpha value is -3.00.